The second kappa shape index (κ2) is 11.6. The average molecular weight is 222 g/mol. The van der Waals surface area contributed by atoms with E-state index in [1.807, 2.05) is 45.8 Å². The van der Waals surface area contributed by atoms with Crippen molar-refractivity contribution in [3.8, 4) is 12.3 Å². The van der Waals surface area contributed by atoms with Crippen molar-refractivity contribution in [3.05, 3.63) is 45.8 Å². The number of carbonyl (C=O) groups is 1. The molecule has 0 unspecified atom stereocenters. The van der Waals surface area contributed by atoms with E-state index in [2.05, 4.69) is 6.42 Å². The highest BCUT2D eigenvalue weighted by atomic mass is 32.1. The monoisotopic (exact) mass is 222 g/mol. The fraction of sp³-hybridized carbons (Fsp3) is 0. The van der Waals surface area contributed by atoms with Crippen LogP contribution in [-0.4, -0.2) is 6.29 Å². The van der Waals surface area contributed by atoms with Crippen LogP contribution >= 0.6 is 22.7 Å². The Morgan fingerprint density at radius 3 is 1.29 bits per heavy atom. The van der Waals surface area contributed by atoms with Crippen molar-refractivity contribution in [3.63, 3.8) is 0 Å². The third-order valence-electron chi connectivity index (χ3n) is 0.919. The zero-order valence-corrected chi connectivity index (χ0v) is 9.13. The molecule has 0 fully saturated rings. The first-order valence-electron chi connectivity index (χ1n) is 3.76. The number of carbonyl (C=O) groups excluding carboxylic acids is 1. The van der Waals surface area contributed by atoms with Crippen molar-refractivity contribution in [2.75, 3.05) is 0 Å². The van der Waals surface area contributed by atoms with E-state index in [0.717, 1.165) is 0 Å². The fourth-order valence-corrected chi connectivity index (χ4v) is 1.36. The number of hydrogen-bond acceptors (Lipinski definition) is 3. The standard InChI is InChI=1S/2C4H4S.C3H2O/c2*1-2-4-5-3-1;1-2-3-4/h2*1-4H;1,3H. The van der Waals surface area contributed by atoms with Gasteiger partial charge in [0, 0.05) is 0 Å². The predicted octanol–water partition coefficient (Wildman–Crippen LogP) is 3.31. The SMILES string of the molecule is C#CC=O.c1ccsc1.c1ccsc1. The molecule has 0 aliphatic carbocycles. The molecule has 0 amide bonds. The minimum Gasteiger partial charge on any atom is -0.289 e. The molecule has 14 heavy (non-hydrogen) atoms. The summed E-state index contributed by atoms with van der Waals surface area (Å²) in [5.41, 5.74) is 0. The molecule has 0 atom stereocenters. The molecule has 3 heteroatoms. The molecule has 0 aliphatic heterocycles. The van der Waals surface area contributed by atoms with E-state index in [1.165, 1.54) is 0 Å². The van der Waals surface area contributed by atoms with Gasteiger partial charge in [-0.1, -0.05) is 24.3 Å². The molecule has 2 rings (SSSR count). The van der Waals surface area contributed by atoms with Crippen LogP contribution in [0, 0.1) is 12.3 Å². The maximum atomic E-state index is 8.94. The van der Waals surface area contributed by atoms with Gasteiger partial charge < -0.3 is 0 Å². The molecule has 72 valence electrons. The molecule has 0 aromatic carbocycles. The smallest absolute Gasteiger partial charge is 0.192 e. The van der Waals surface area contributed by atoms with Crippen molar-refractivity contribution in [2.24, 2.45) is 0 Å². The summed E-state index contributed by atoms with van der Waals surface area (Å²) in [5, 5.41) is 8.17. The lowest BCUT2D eigenvalue weighted by atomic mass is 10.7. The molecule has 0 saturated heterocycles. The normalized spacial score (nSPS) is 6.79. The van der Waals surface area contributed by atoms with Gasteiger partial charge in [-0.3, -0.25) is 4.79 Å². The second-order valence-corrected chi connectivity index (χ2v) is 3.50. The summed E-state index contributed by atoms with van der Waals surface area (Å²) >= 11 is 3.43. The Kier molecular flexibility index (Phi) is 10.5. The third-order valence-corrected chi connectivity index (χ3v) is 2.18. The van der Waals surface area contributed by atoms with Gasteiger partial charge in [0.15, 0.2) is 6.29 Å². The van der Waals surface area contributed by atoms with Crippen LogP contribution in [0.1, 0.15) is 0 Å². The summed E-state index contributed by atoms with van der Waals surface area (Å²) < 4.78 is 0. The molecule has 2 aromatic rings. The van der Waals surface area contributed by atoms with Crippen molar-refractivity contribution in [1.29, 1.82) is 0 Å². The van der Waals surface area contributed by atoms with Crippen molar-refractivity contribution in [1.82, 2.24) is 0 Å². The number of thiophene rings is 2. The van der Waals surface area contributed by atoms with Crippen LogP contribution in [-0.2, 0) is 4.79 Å². The molecule has 0 saturated carbocycles. The summed E-state index contributed by atoms with van der Waals surface area (Å²) in [7, 11) is 0. The molecule has 2 heterocycles. The maximum absolute atomic E-state index is 8.94. The Morgan fingerprint density at radius 1 is 0.929 bits per heavy atom. The molecule has 1 nitrogen and oxygen atoms in total. The first-order chi connectivity index (χ1) is 6.91. The fourth-order valence-electron chi connectivity index (χ4n) is 0.454. The van der Waals surface area contributed by atoms with Crippen molar-refractivity contribution >= 4 is 29.0 Å². The molecule has 0 radical (unpaired) electrons. The summed E-state index contributed by atoms with van der Waals surface area (Å²) in [6, 6.07) is 8.07. The molecular formula is C11H10OS2. The van der Waals surface area contributed by atoms with Gasteiger partial charge in [-0.2, -0.15) is 22.7 Å². The van der Waals surface area contributed by atoms with Gasteiger partial charge in [0.05, 0.1) is 0 Å². The Hall–Kier alpha value is -1.37. The molecule has 0 N–H and O–H groups in total. The zero-order chi connectivity index (χ0) is 10.5. The van der Waals surface area contributed by atoms with Crippen molar-refractivity contribution in [2.45, 2.75) is 0 Å². The van der Waals surface area contributed by atoms with Crippen LogP contribution in [0.5, 0.6) is 0 Å². The molecule has 0 bridgehead atoms. The highest BCUT2D eigenvalue weighted by molar-refractivity contribution is 7.08. The van der Waals surface area contributed by atoms with Crippen molar-refractivity contribution < 1.29 is 4.79 Å². The van der Waals surface area contributed by atoms with Crippen LogP contribution < -0.4 is 0 Å². The van der Waals surface area contributed by atoms with E-state index in [-0.39, 0.29) is 0 Å². The average Bonchev–Trinajstić information content (AvgIpc) is 2.94. The van der Waals surface area contributed by atoms with E-state index in [9.17, 15) is 0 Å². The topological polar surface area (TPSA) is 17.1 Å². The van der Waals surface area contributed by atoms with Gasteiger partial charge >= 0.3 is 0 Å². The third kappa shape index (κ3) is 10.6. The highest BCUT2D eigenvalue weighted by Gasteiger charge is 1.59. The quantitative estimate of drug-likeness (QED) is 0.493. The summed E-state index contributed by atoms with van der Waals surface area (Å²) in [6.45, 7) is 0. The minimum absolute atomic E-state index is 0.403. The predicted molar refractivity (Wildman–Crippen MR) is 63.5 cm³/mol. The Labute approximate surface area is 92.0 Å². The lowest BCUT2D eigenvalue weighted by Gasteiger charge is -1.39. The summed E-state index contributed by atoms with van der Waals surface area (Å²) in [6.07, 6.45) is 4.81. The van der Waals surface area contributed by atoms with E-state index in [0.29, 0.717) is 6.29 Å². The Bertz CT molecular complexity index is 256. The van der Waals surface area contributed by atoms with E-state index in [1.54, 1.807) is 28.6 Å². The lowest BCUT2D eigenvalue weighted by molar-refractivity contribution is -0.103. The molecular weight excluding hydrogens is 212 g/mol. The number of hydrogen-bond donors (Lipinski definition) is 0. The first kappa shape index (κ1) is 12.6. The number of terminal acetylenes is 1. The zero-order valence-electron chi connectivity index (χ0n) is 7.50. The van der Waals surface area contributed by atoms with Gasteiger partial charge in [-0.15, -0.1) is 6.42 Å². The highest BCUT2D eigenvalue weighted by Crippen LogP contribution is 1.92. The van der Waals surface area contributed by atoms with Crippen LogP contribution in [0.4, 0.5) is 0 Å². The Morgan fingerprint density at radius 2 is 1.21 bits per heavy atom. The van der Waals surface area contributed by atoms with E-state index < -0.39 is 0 Å². The van der Waals surface area contributed by atoms with E-state index >= 15 is 0 Å². The van der Waals surface area contributed by atoms with Crippen LogP contribution in [0.2, 0.25) is 0 Å². The maximum Gasteiger partial charge on any atom is 0.192 e. The van der Waals surface area contributed by atoms with Gasteiger partial charge in [0.25, 0.3) is 0 Å². The Balaban J connectivity index is 0.000000183. The molecule has 2 aromatic heterocycles. The second-order valence-electron chi connectivity index (χ2n) is 1.87. The van der Waals surface area contributed by atoms with Gasteiger partial charge in [0.2, 0.25) is 0 Å². The first-order valence-corrected chi connectivity index (χ1v) is 5.64. The number of aldehydes is 1. The number of rotatable bonds is 0. The molecule has 0 aliphatic rings. The lowest BCUT2D eigenvalue weighted by Crippen LogP contribution is -1.46. The summed E-state index contributed by atoms with van der Waals surface area (Å²) in [4.78, 5) is 8.94. The van der Waals surface area contributed by atoms with Gasteiger partial charge in [-0.05, 0) is 27.4 Å². The summed E-state index contributed by atoms with van der Waals surface area (Å²) in [5.74, 6) is 1.75. The van der Waals surface area contributed by atoms with Gasteiger partial charge in [0.1, 0.15) is 0 Å². The minimum atomic E-state index is 0.403. The van der Waals surface area contributed by atoms with Crippen LogP contribution in [0.25, 0.3) is 0 Å². The van der Waals surface area contributed by atoms with E-state index in [4.69, 9.17) is 4.79 Å². The molecule has 0 spiro atoms. The van der Waals surface area contributed by atoms with Crippen LogP contribution in [0.15, 0.2) is 45.8 Å². The largest absolute Gasteiger partial charge is 0.289 e. The van der Waals surface area contributed by atoms with Gasteiger partial charge in [-0.25, -0.2) is 0 Å². The van der Waals surface area contributed by atoms with Crippen LogP contribution in [0.3, 0.4) is 0 Å².